The van der Waals surface area contributed by atoms with Gasteiger partial charge in [0, 0.05) is 0 Å². The van der Waals surface area contributed by atoms with Gasteiger partial charge >= 0.3 is 134 Å². The number of rotatable bonds is 10. The summed E-state index contributed by atoms with van der Waals surface area (Å²) in [5, 5.41) is 0. The third-order valence-corrected chi connectivity index (χ3v) is 15.8. The third kappa shape index (κ3) is 6.49. The zero-order chi connectivity index (χ0) is 14.8. The first-order chi connectivity index (χ1) is 9.72. The van der Waals surface area contributed by atoms with E-state index in [9.17, 15) is 4.79 Å². The number of ketones is 1. The van der Waals surface area contributed by atoms with Gasteiger partial charge in [-0.2, -0.15) is 0 Å². The van der Waals surface area contributed by atoms with E-state index in [-0.39, 0.29) is 0 Å². The molecule has 0 aromatic heterocycles. The molecule has 0 bridgehead atoms. The summed E-state index contributed by atoms with van der Waals surface area (Å²) in [4.78, 5) is 11.9. The molecule has 1 aliphatic rings. The first-order valence-corrected chi connectivity index (χ1v) is 14.8. The summed E-state index contributed by atoms with van der Waals surface area (Å²) < 4.78 is 4.20. The molecular formula is C18H35OSn. The molecule has 0 aromatic carbocycles. The topological polar surface area (TPSA) is 17.1 Å². The summed E-state index contributed by atoms with van der Waals surface area (Å²) >= 11 is -1.29. The molecule has 1 saturated carbocycles. The number of hydrogen-bond donors (Lipinski definition) is 0. The Hall–Kier alpha value is 0.469. The van der Waals surface area contributed by atoms with E-state index < -0.39 is 19.8 Å². The van der Waals surface area contributed by atoms with Gasteiger partial charge in [-0.25, -0.2) is 0 Å². The Labute approximate surface area is 134 Å². The van der Waals surface area contributed by atoms with E-state index in [1.165, 1.54) is 51.4 Å². The van der Waals surface area contributed by atoms with Crippen molar-refractivity contribution in [1.82, 2.24) is 0 Å². The van der Waals surface area contributed by atoms with Gasteiger partial charge in [-0.3, -0.25) is 0 Å². The molecule has 2 atom stereocenters. The van der Waals surface area contributed by atoms with Gasteiger partial charge in [0.2, 0.25) is 0 Å². The summed E-state index contributed by atoms with van der Waals surface area (Å²) in [6.45, 7) is 7.01. The molecule has 1 rings (SSSR count). The first-order valence-electron chi connectivity index (χ1n) is 9.09. The van der Waals surface area contributed by atoms with Crippen LogP contribution in [0.4, 0.5) is 0 Å². The van der Waals surface area contributed by atoms with Crippen LogP contribution in [0.3, 0.4) is 0 Å². The average Bonchev–Trinajstić information content (AvgIpc) is 2.45. The second-order valence-electron chi connectivity index (χ2n) is 6.66. The number of Topliss-reactive ketones (excluding diaryl/α,β-unsaturated/α-hetero) is 1. The van der Waals surface area contributed by atoms with Crippen molar-refractivity contribution in [3.63, 3.8) is 0 Å². The monoisotopic (exact) mass is 387 g/mol. The van der Waals surface area contributed by atoms with Crippen molar-refractivity contribution < 1.29 is 4.79 Å². The predicted octanol–water partition coefficient (Wildman–Crippen LogP) is 6.01. The van der Waals surface area contributed by atoms with Gasteiger partial charge in [-0.15, -0.1) is 0 Å². The van der Waals surface area contributed by atoms with Crippen molar-refractivity contribution in [3.05, 3.63) is 0 Å². The van der Waals surface area contributed by atoms with Crippen LogP contribution in [-0.2, 0) is 4.79 Å². The van der Waals surface area contributed by atoms with Crippen molar-refractivity contribution in [2.45, 2.75) is 97.8 Å². The normalized spacial score (nSPS) is 21.4. The number of carbonyl (C=O) groups is 1. The third-order valence-electron chi connectivity index (χ3n) is 4.92. The van der Waals surface area contributed by atoms with Crippen molar-refractivity contribution in [2.24, 2.45) is 5.92 Å². The maximum absolute atomic E-state index is 11.9. The van der Waals surface area contributed by atoms with E-state index in [0.29, 0.717) is 5.78 Å². The van der Waals surface area contributed by atoms with E-state index in [2.05, 4.69) is 20.8 Å². The van der Waals surface area contributed by atoms with Gasteiger partial charge in [-0.1, -0.05) is 0 Å². The molecule has 0 heterocycles. The molecule has 20 heavy (non-hydrogen) atoms. The van der Waals surface area contributed by atoms with E-state index in [1.807, 2.05) is 0 Å². The van der Waals surface area contributed by atoms with Gasteiger partial charge in [0.1, 0.15) is 0 Å². The van der Waals surface area contributed by atoms with Crippen molar-refractivity contribution in [3.8, 4) is 0 Å². The molecule has 0 aromatic rings. The van der Waals surface area contributed by atoms with E-state index in [0.717, 1.165) is 22.7 Å². The number of carbonyl (C=O) groups excluding carboxylic acids is 1. The average molecular weight is 386 g/mol. The van der Waals surface area contributed by atoms with Crippen LogP contribution in [0.1, 0.15) is 85.0 Å². The SMILES string of the molecule is CCC[CH2][Sn]([CH2]CCC)[CH](CCC)C1CCCC(=O)C1. The Morgan fingerprint density at radius 3 is 2.25 bits per heavy atom. The standard InChI is InChI=1S/C10H17O.2C4H9.Sn/c1-2-3-5-9-6-4-7-10(11)8-9;2*1-3-4-2;/h5,9H,2-4,6-8H2,1H3;2*1,3-4H2,2H3;. The zero-order valence-corrected chi connectivity index (χ0v) is 16.9. The Balaban J connectivity index is 2.67. The Bertz CT molecular complexity index is 256. The molecular weight excluding hydrogens is 351 g/mol. The Morgan fingerprint density at radius 2 is 1.75 bits per heavy atom. The second-order valence-corrected chi connectivity index (χ2v) is 15.4. The van der Waals surface area contributed by atoms with E-state index >= 15 is 0 Å². The fourth-order valence-corrected chi connectivity index (χ4v) is 15.9. The van der Waals surface area contributed by atoms with Crippen molar-refractivity contribution in [1.29, 1.82) is 0 Å². The van der Waals surface area contributed by atoms with Gasteiger partial charge in [-0.05, 0) is 0 Å². The summed E-state index contributed by atoms with van der Waals surface area (Å²) in [6, 6.07) is 0. The van der Waals surface area contributed by atoms with Gasteiger partial charge in [0.05, 0.1) is 0 Å². The van der Waals surface area contributed by atoms with Crippen LogP contribution in [0.15, 0.2) is 0 Å². The molecule has 1 aliphatic carbocycles. The van der Waals surface area contributed by atoms with Crippen LogP contribution in [0.25, 0.3) is 0 Å². The summed E-state index contributed by atoms with van der Waals surface area (Å²) in [5.74, 6) is 1.36. The van der Waals surface area contributed by atoms with Crippen LogP contribution < -0.4 is 0 Å². The molecule has 0 spiro atoms. The summed E-state index contributed by atoms with van der Waals surface area (Å²) in [5.41, 5.74) is 0. The quantitative estimate of drug-likeness (QED) is 0.420. The van der Waals surface area contributed by atoms with Crippen LogP contribution in [0, 0.1) is 5.92 Å². The number of hydrogen-bond acceptors (Lipinski definition) is 1. The number of unbranched alkanes of at least 4 members (excludes halogenated alkanes) is 2. The maximum atomic E-state index is 11.9. The molecule has 0 aliphatic heterocycles. The summed E-state index contributed by atoms with van der Waals surface area (Å²) in [6.07, 6.45) is 12.7. The van der Waals surface area contributed by atoms with Gasteiger partial charge in [0.25, 0.3) is 0 Å². The summed E-state index contributed by atoms with van der Waals surface area (Å²) in [7, 11) is 0. The van der Waals surface area contributed by atoms with Crippen LogP contribution in [0.2, 0.25) is 12.8 Å². The van der Waals surface area contributed by atoms with Gasteiger partial charge in [0.15, 0.2) is 0 Å². The minimum absolute atomic E-state index is 0.566. The van der Waals surface area contributed by atoms with Crippen LogP contribution in [-0.4, -0.2) is 25.5 Å². The Kier molecular flexibility index (Phi) is 10.3. The Morgan fingerprint density at radius 1 is 1.10 bits per heavy atom. The molecule has 2 heteroatoms. The fourth-order valence-electron chi connectivity index (χ4n) is 3.79. The van der Waals surface area contributed by atoms with Crippen molar-refractivity contribution >= 4 is 25.5 Å². The molecule has 2 unspecified atom stereocenters. The molecule has 0 N–H and O–H groups in total. The second kappa shape index (κ2) is 11.1. The minimum atomic E-state index is -1.29. The molecule has 1 radical (unpaired) electrons. The zero-order valence-electron chi connectivity index (χ0n) is 14.0. The van der Waals surface area contributed by atoms with Crippen LogP contribution in [0.5, 0.6) is 0 Å². The van der Waals surface area contributed by atoms with Crippen molar-refractivity contribution in [2.75, 3.05) is 0 Å². The molecule has 0 saturated heterocycles. The van der Waals surface area contributed by atoms with Gasteiger partial charge < -0.3 is 0 Å². The van der Waals surface area contributed by atoms with Crippen LogP contribution >= 0.6 is 0 Å². The van der Waals surface area contributed by atoms with E-state index in [1.54, 1.807) is 8.87 Å². The fraction of sp³-hybridized carbons (Fsp3) is 0.944. The predicted molar refractivity (Wildman–Crippen MR) is 90.8 cm³/mol. The molecule has 1 nitrogen and oxygen atoms in total. The first kappa shape index (κ1) is 18.5. The molecule has 0 amide bonds. The van der Waals surface area contributed by atoms with E-state index in [4.69, 9.17) is 0 Å². The molecule has 117 valence electrons. The molecule has 1 fully saturated rings.